The van der Waals surface area contributed by atoms with E-state index in [-0.39, 0.29) is 12.0 Å². The highest BCUT2D eigenvalue weighted by Crippen LogP contribution is 2.29. The van der Waals surface area contributed by atoms with Gasteiger partial charge < -0.3 is 14.4 Å². The van der Waals surface area contributed by atoms with Crippen LogP contribution >= 0.6 is 0 Å². The van der Waals surface area contributed by atoms with Crippen LogP contribution in [0.5, 0.6) is 5.75 Å². The number of ether oxygens (including phenoxy) is 1. The second-order valence-electron chi connectivity index (χ2n) is 7.21. The fourth-order valence-electron chi connectivity index (χ4n) is 3.77. The van der Waals surface area contributed by atoms with Gasteiger partial charge in [-0.1, -0.05) is 6.07 Å². The molecule has 27 heavy (non-hydrogen) atoms. The standard InChI is InChI=1S/C21H23N3O3/c1-24-19-9-8-17(27-16-6-4-15(5-7-16)21(25)26)12-18(19)23-20(24)11-14-3-2-10-22-13-14/h2-3,8-10,12-13,15-16H,4-7,11H2,1H3,(H,25,26). The minimum absolute atomic E-state index is 0.0802. The summed E-state index contributed by atoms with van der Waals surface area (Å²) in [4.78, 5) is 20.0. The molecule has 0 aliphatic heterocycles. The Hall–Kier alpha value is -2.89. The van der Waals surface area contributed by atoms with Crippen molar-refractivity contribution in [3.05, 3.63) is 54.1 Å². The molecule has 1 fully saturated rings. The molecule has 6 heteroatoms. The first-order valence-electron chi connectivity index (χ1n) is 9.34. The van der Waals surface area contributed by atoms with Crippen LogP contribution in [-0.4, -0.2) is 31.7 Å². The number of aryl methyl sites for hydroxylation is 1. The average Bonchev–Trinajstić information content (AvgIpc) is 2.98. The van der Waals surface area contributed by atoms with Crippen molar-refractivity contribution in [2.45, 2.75) is 38.2 Å². The number of pyridine rings is 1. The number of hydrogen-bond acceptors (Lipinski definition) is 4. The van der Waals surface area contributed by atoms with Crippen LogP contribution in [0, 0.1) is 5.92 Å². The van der Waals surface area contributed by atoms with Crippen molar-refractivity contribution >= 4 is 17.0 Å². The second-order valence-corrected chi connectivity index (χ2v) is 7.21. The normalized spacial score (nSPS) is 19.9. The Balaban J connectivity index is 1.48. The molecule has 3 aromatic rings. The van der Waals surface area contributed by atoms with Gasteiger partial charge in [0.05, 0.1) is 23.1 Å². The Labute approximate surface area is 157 Å². The van der Waals surface area contributed by atoms with Crippen molar-refractivity contribution in [2.24, 2.45) is 13.0 Å². The van der Waals surface area contributed by atoms with E-state index in [1.807, 2.05) is 43.6 Å². The van der Waals surface area contributed by atoms with Gasteiger partial charge >= 0.3 is 5.97 Å². The van der Waals surface area contributed by atoms with Crippen molar-refractivity contribution in [3.8, 4) is 5.75 Å². The molecule has 0 unspecified atom stereocenters. The van der Waals surface area contributed by atoms with E-state index in [4.69, 9.17) is 14.8 Å². The highest BCUT2D eigenvalue weighted by atomic mass is 16.5. The molecule has 0 atom stereocenters. The number of aromatic nitrogens is 3. The Bertz CT molecular complexity index is 944. The fraction of sp³-hybridized carbons (Fsp3) is 0.381. The lowest BCUT2D eigenvalue weighted by molar-refractivity contribution is -0.143. The zero-order valence-corrected chi connectivity index (χ0v) is 15.3. The average molecular weight is 365 g/mol. The van der Waals surface area contributed by atoms with Crippen LogP contribution in [0.25, 0.3) is 11.0 Å². The first kappa shape index (κ1) is 17.5. The molecule has 4 rings (SSSR count). The number of carbonyl (C=O) groups is 1. The summed E-state index contributed by atoms with van der Waals surface area (Å²) in [5, 5.41) is 9.11. The van der Waals surface area contributed by atoms with Gasteiger partial charge in [-0.3, -0.25) is 9.78 Å². The van der Waals surface area contributed by atoms with Crippen molar-refractivity contribution in [1.29, 1.82) is 0 Å². The van der Waals surface area contributed by atoms with Gasteiger partial charge in [0.25, 0.3) is 0 Å². The van der Waals surface area contributed by atoms with Crippen LogP contribution in [-0.2, 0) is 18.3 Å². The molecule has 1 aliphatic rings. The first-order valence-corrected chi connectivity index (χ1v) is 9.34. The highest BCUT2D eigenvalue weighted by molar-refractivity contribution is 5.77. The van der Waals surface area contributed by atoms with Crippen LogP contribution in [0.3, 0.4) is 0 Å². The lowest BCUT2D eigenvalue weighted by atomic mass is 9.87. The van der Waals surface area contributed by atoms with E-state index in [1.54, 1.807) is 6.20 Å². The quantitative estimate of drug-likeness (QED) is 0.748. The van der Waals surface area contributed by atoms with Crippen LogP contribution in [0.1, 0.15) is 37.1 Å². The van der Waals surface area contributed by atoms with Gasteiger partial charge in [0, 0.05) is 31.9 Å². The maximum absolute atomic E-state index is 11.1. The highest BCUT2D eigenvalue weighted by Gasteiger charge is 2.27. The lowest BCUT2D eigenvalue weighted by Gasteiger charge is -2.26. The van der Waals surface area contributed by atoms with E-state index in [0.29, 0.717) is 12.8 Å². The summed E-state index contributed by atoms with van der Waals surface area (Å²) in [6.07, 6.45) is 7.37. The molecule has 2 heterocycles. The van der Waals surface area contributed by atoms with Crippen molar-refractivity contribution in [2.75, 3.05) is 0 Å². The zero-order valence-electron chi connectivity index (χ0n) is 15.3. The molecule has 1 saturated carbocycles. The summed E-state index contributed by atoms with van der Waals surface area (Å²) in [5.74, 6) is 0.868. The van der Waals surface area contributed by atoms with E-state index in [2.05, 4.69) is 9.55 Å². The topological polar surface area (TPSA) is 77.2 Å². The van der Waals surface area contributed by atoms with Gasteiger partial charge in [0.1, 0.15) is 11.6 Å². The molecule has 140 valence electrons. The Morgan fingerprint density at radius 3 is 2.78 bits per heavy atom. The molecular weight excluding hydrogens is 342 g/mol. The lowest BCUT2D eigenvalue weighted by Crippen LogP contribution is -2.27. The summed E-state index contributed by atoms with van der Waals surface area (Å²) in [6, 6.07) is 9.97. The number of rotatable bonds is 5. The number of benzene rings is 1. The summed E-state index contributed by atoms with van der Waals surface area (Å²) >= 11 is 0. The van der Waals surface area contributed by atoms with Crippen LogP contribution in [0.2, 0.25) is 0 Å². The van der Waals surface area contributed by atoms with E-state index in [0.717, 1.165) is 47.4 Å². The first-order chi connectivity index (χ1) is 13.1. The second kappa shape index (κ2) is 7.39. The summed E-state index contributed by atoms with van der Waals surface area (Å²) in [5.41, 5.74) is 3.10. The Morgan fingerprint density at radius 1 is 1.26 bits per heavy atom. The molecule has 0 spiro atoms. The molecule has 1 aromatic carbocycles. The van der Waals surface area contributed by atoms with Crippen molar-refractivity contribution < 1.29 is 14.6 Å². The molecule has 6 nitrogen and oxygen atoms in total. The smallest absolute Gasteiger partial charge is 0.306 e. The Morgan fingerprint density at radius 2 is 2.07 bits per heavy atom. The maximum atomic E-state index is 11.1. The fourth-order valence-corrected chi connectivity index (χ4v) is 3.77. The number of hydrogen-bond donors (Lipinski definition) is 1. The van der Waals surface area contributed by atoms with Crippen LogP contribution < -0.4 is 4.74 Å². The molecule has 0 radical (unpaired) electrons. The molecule has 0 amide bonds. The van der Waals surface area contributed by atoms with Crippen molar-refractivity contribution in [1.82, 2.24) is 14.5 Å². The minimum Gasteiger partial charge on any atom is -0.490 e. The van der Waals surface area contributed by atoms with E-state index >= 15 is 0 Å². The van der Waals surface area contributed by atoms with Gasteiger partial charge in [-0.15, -0.1) is 0 Å². The number of nitrogens with zero attached hydrogens (tertiary/aromatic N) is 3. The Kier molecular flexibility index (Phi) is 4.79. The third-order valence-electron chi connectivity index (χ3n) is 5.36. The van der Waals surface area contributed by atoms with Gasteiger partial charge in [-0.05, 0) is 49.4 Å². The van der Waals surface area contributed by atoms with Crippen molar-refractivity contribution in [3.63, 3.8) is 0 Å². The van der Waals surface area contributed by atoms with E-state index in [9.17, 15) is 4.79 Å². The molecule has 1 N–H and O–H groups in total. The minimum atomic E-state index is -0.690. The predicted molar refractivity (Wildman–Crippen MR) is 102 cm³/mol. The van der Waals surface area contributed by atoms with Crippen LogP contribution in [0.15, 0.2) is 42.7 Å². The number of fused-ring (bicyclic) bond motifs is 1. The molecule has 1 aliphatic carbocycles. The summed E-state index contributed by atoms with van der Waals surface area (Å²) < 4.78 is 8.21. The number of imidazole rings is 1. The monoisotopic (exact) mass is 365 g/mol. The molecular formula is C21H23N3O3. The summed E-state index contributed by atoms with van der Waals surface area (Å²) in [6.45, 7) is 0. The third kappa shape index (κ3) is 3.79. The molecule has 0 saturated heterocycles. The SMILES string of the molecule is Cn1c(Cc2cccnc2)nc2cc(OC3CCC(C(=O)O)CC3)ccc21. The van der Waals surface area contributed by atoms with Gasteiger partial charge in [-0.25, -0.2) is 4.98 Å². The summed E-state index contributed by atoms with van der Waals surface area (Å²) in [7, 11) is 2.02. The van der Waals surface area contributed by atoms with E-state index < -0.39 is 5.97 Å². The van der Waals surface area contributed by atoms with Gasteiger partial charge in [0.2, 0.25) is 0 Å². The van der Waals surface area contributed by atoms with Crippen LogP contribution in [0.4, 0.5) is 0 Å². The zero-order chi connectivity index (χ0) is 18.8. The molecule has 0 bridgehead atoms. The number of aliphatic carboxylic acids is 1. The number of carboxylic acid groups (broad SMARTS) is 1. The molecule has 2 aromatic heterocycles. The largest absolute Gasteiger partial charge is 0.490 e. The van der Waals surface area contributed by atoms with Gasteiger partial charge in [-0.2, -0.15) is 0 Å². The van der Waals surface area contributed by atoms with Gasteiger partial charge in [0.15, 0.2) is 0 Å². The number of carboxylic acids is 1. The van der Waals surface area contributed by atoms with E-state index in [1.165, 1.54) is 0 Å². The predicted octanol–water partition coefficient (Wildman–Crippen LogP) is 3.58. The maximum Gasteiger partial charge on any atom is 0.306 e. The third-order valence-corrected chi connectivity index (χ3v) is 5.36.